The van der Waals surface area contributed by atoms with Gasteiger partial charge in [-0.25, -0.2) is 0 Å². The van der Waals surface area contributed by atoms with Crippen molar-refractivity contribution in [2.24, 2.45) is 0 Å². The van der Waals surface area contributed by atoms with Gasteiger partial charge in [-0.05, 0) is 38.6 Å². The van der Waals surface area contributed by atoms with Crippen LogP contribution in [0.1, 0.15) is 20.3 Å². The van der Waals surface area contributed by atoms with E-state index in [1.54, 1.807) is 6.07 Å². The van der Waals surface area contributed by atoms with Crippen molar-refractivity contribution in [1.29, 1.82) is 0 Å². The second kappa shape index (κ2) is 6.72. The lowest BCUT2D eigenvalue weighted by Crippen LogP contribution is -2.32. The fourth-order valence-corrected chi connectivity index (χ4v) is 1.83. The van der Waals surface area contributed by atoms with Gasteiger partial charge in [0, 0.05) is 24.8 Å². The molecule has 0 bridgehead atoms. The number of nitrogens with zero attached hydrogens (tertiary/aromatic N) is 1. The Kier molecular flexibility index (Phi) is 5.59. The van der Waals surface area contributed by atoms with Crippen LogP contribution in [-0.4, -0.2) is 31.1 Å². The van der Waals surface area contributed by atoms with Gasteiger partial charge in [-0.2, -0.15) is 0 Å². The number of hydrogen-bond acceptors (Lipinski definition) is 3. The number of nitrogens with two attached hydrogens (primary N) is 1. The molecule has 0 saturated carbocycles. The van der Waals surface area contributed by atoms with Crippen molar-refractivity contribution in [2.75, 3.05) is 31.2 Å². The number of likely N-dealkylation sites (N-methyl/N-ethyl adjacent to an activating group) is 1. The largest absolute Gasteiger partial charge is 0.399 e. The minimum atomic E-state index is 0.610. The van der Waals surface area contributed by atoms with Crippen molar-refractivity contribution in [2.45, 2.75) is 26.3 Å². The van der Waals surface area contributed by atoms with Crippen molar-refractivity contribution in [3.8, 4) is 0 Å². The molecule has 0 aromatic heterocycles. The second-order valence-corrected chi connectivity index (χ2v) is 4.81. The molecule has 0 radical (unpaired) electrons. The minimum Gasteiger partial charge on any atom is -0.399 e. The number of nitrogens with one attached hydrogen (secondary N) is 1. The lowest BCUT2D eigenvalue weighted by atomic mass is 10.2. The molecule has 3 nitrogen and oxygen atoms in total. The average molecular weight is 256 g/mol. The highest BCUT2D eigenvalue weighted by Gasteiger charge is 2.06. The standard InChI is InChI=1S/C13H22ClN3/c1-4-10(2)17(3)8-7-16-13-6-5-11(15)9-12(13)14/h5-6,9-10,16H,4,7-8,15H2,1-3H3. The van der Waals surface area contributed by atoms with E-state index in [0.29, 0.717) is 16.8 Å². The number of anilines is 2. The molecule has 1 rings (SSSR count). The molecule has 96 valence electrons. The molecular formula is C13H22ClN3. The van der Waals surface area contributed by atoms with Crippen LogP contribution < -0.4 is 11.1 Å². The van der Waals surface area contributed by atoms with Crippen LogP contribution in [0.3, 0.4) is 0 Å². The van der Waals surface area contributed by atoms with Crippen LogP contribution in [-0.2, 0) is 0 Å². The molecule has 1 unspecified atom stereocenters. The van der Waals surface area contributed by atoms with Gasteiger partial charge >= 0.3 is 0 Å². The summed E-state index contributed by atoms with van der Waals surface area (Å²) in [5.74, 6) is 0. The van der Waals surface area contributed by atoms with Crippen LogP contribution in [0.15, 0.2) is 18.2 Å². The Labute approximate surface area is 109 Å². The highest BCUT2D eigenvalue weighted by atomic mass is 35.5. The van der Waals surface area contributed by atoms with Crippen molar-refractivity contribution >= 4 is 23.0 Å². The predicted molar refractivity (Wildman–Crippen MR) is 76.7 cm³/mol. The van der Waals surface area contributed by atoms with Gasteiger partial charge in [0.2, 0.25) is 0 Å². The average Bonchev–Trinajstić information content (AvgIpc) is 2.30. The van der Waals surface area contributed by atoms with E-state index in [4.69, 9.17) is 17.3 Å². The fraction of sp³-hybridized carbons (Fsp3) is 0.538. The van der Waals surface area contributed by atoms with E-state index in [1.807, 2.05) is 12.1 Å². The van der Waals surface area contributed by atoms with Gasteiger partial charge in [0.05, 0.1) is 10.7 Å². The van der Waals surface area contributed by atoms with Gasteiger partial charge in [0.25, 0.3) is 0 Å². The first-order valence-electron chi connectivity index (χ1n) is 6.03. The van der Waals surface area contributed by atoms with Gasteiger partial charge in [-0.15, -0.1) is 0 Å². The lowest BCUT2D eigenvalue weighted by Gasteiger charge is -2.23. The molecule has 17 heavy (non-hydrogen) atoms. The van der Waals surface area contributed by atoms with Gasteiger partial charge in [-0.1, -0.05) is 18.5 Å². The molecule has 0 aliphatic heterocycles. The van der Waals surface area contributed by atoms with Crippen LogP contribution in [0.4, 0.5) is 11.4 Å². The Morgan fingerprint density at radius 3 is 2.76 bits per heavy atom. The van der Waals surface area contributed by atoms with Crippen molar-refractivity contribution < 1.29 is 0 Å². The normalized spacial score (nSPS) is 12.8. The molecule has 4 heteroatoms. The summed E-state index contributed by atoms with van der Waals surface area (Å²) in [5, 5.41) is 4.00. The van der Waals surface area contributed by atoms with Crippen LogP contribution in [0, 0.1) is 0 Å². The molecule has 0 aliphatic rings. The predicted octanol–water partition coefficient (Wildman–Crippen LogP) is 3.06. The first kappa shape index (κ1) is 14.1. The molecule has 0 saturated heterocycles. The summed E-state index contributed by atoms with van der Waals surface area (Å²) in [6.07, 6.45) is 1.17. The maximum atomic E-state index is 6.08. The molecule has 1 aromatic carbocycles. The highest BCUT2D eigenvalue weighted by Crippen LogP contribution is 2.23. The van der Waals surface area contributed by atoms with Crippen molar-refractivity contribution in [3.05, 3.63) is 23.2 Å². The smallest absolute Gasteiger partial charge is 0.0657 e. The highest BCUT2D eigenvalue weighted by molar-refractivity contribution is 6.33. The SMILES string of the molecule is CCC(C)N(C)CCNc1ccc(N)cc1Cl. The van der Waals surface area contributed by atoms with E-state index in [-0.39, 0.29) is 0 Å². The van der Waals surface area contributed by atoms with E-state index in [2.05, 4.69) is 31.1 Å². The number of halogens is 1. The quantitative estimate of drug-likeness (QED) is 0.768. The molecule has 0 heterocycles. The first-order valence-corrected chi connectivity index (χ1v) is 6.41. The topological polar surface area (TPSA) is 41.3 Å². The summed E-state index contributed by atoms with van der Waals surface area (Å²) in [6.45, 7) is 6.31. The van der Waals surface area contributed by atoms with Crippen LogP contribution in [0.25, 0.3) is 0 Å². The molecule has 0 fully saturated rings. The molecule has 0 aliphatic carbocycles. The number of hydrogen-bond donors (Lipinski definition) is 2. The third-order valence-corrected chi connectivity index (χ3v) is 3.43. The summed E-state index contributed by atoms with van der Waals surface area (Å²) >= 11 is 6.08. The maximum Gasteiger partial charge on any atom is 0.0657 e. The molecule has 1 atom stereocenters. The maximum absolute atomic E-state index is 6.08. The summed E-state index contributed by atoms with van der Waals surface area (Å²) in [7, 11) is 2.14. The van der Waals surface area contributed by atoms with Gasteiger partial charge in [-0.3, -0.25) is 0 Å². The first-order chi connectivity index (χ1) is 8.04. The summed E-state index contributed by atoms with van der Waals surface area (Å²) in [5.41, 5.74) is 7.28. The van der Waals surface area contributed by atoms with Gasteiger partial charge in [0.15, 0.2) is 0 Å². The monoisotopic (exact) mass is 255 g/mol. The number of nitrogen functional groups attached to an aromatic ring is 1. The summed E-state index contributed by atoms with van der Waals surface area (Å²) in [6, 6.07) is 6.15. The van der Waals surface area contributed by atoms with Crippen molar-refractivity contribution in [1.82, 2.24) is 4.90 Å². The van der Waals surface area contributed by atoms with E-state index >= 15 is 0 Å². The Balaban J connectivity index is 2.40. The lowest BCUT2D eigenvalue weighted by molar-refractivity contribution is 0.261. The van der Waals surface area contributed by atoms with Crippen LogP contribution in [0.2, 0.25) is 5.02 Å². The van der Waals surface area contributed by atoms with Crippen LogP contribution in [0.5, 0.6) is 0 Å². The molecular weight excluding hydrogens is 234 g/mol. The van der Waals surface area contributed by atoms with Crippen LogP contribution >= 0.6 is 11.6 Å². The molecule has 3 N–H and O–H groups in total. The Hall–Kier alpha value is -0.930. The molecule has 0 spiro atoms. The third-order valence-electron chi connectivity index (χ3n) is 3.12. The Morgan fingerprint density at radius 1 is 1.47 bits per heavy atom. The Morgan fingerprint density at radius 2 is 2.18 bits per heavy atom. The van der Waals surface area contributed by atoms with E-state index in [1.165, 1.54) is 6.42 Å². The zero-order valence-electron chi connectivity index (χ0n) is 10.8. The van der Waals surface area contributed by atoms with E-state index in [0.717, 1.165) is 18.8 Å². The van der Waals surface area contributed by atoms with Gasteiger partial charge < -0.3 is 16.0 Å². The van der Waals surface area contributed by atoms with Crippen molar-refractivity contribution in [3.63, 3.8) is 0 Å². The summed E-state index contributed by atoms with van der Waals surface area (Å²) in [4.78, 5) is 2.33. The fourth-order valence-electron chi connectivity index (χ4n) is 1.57. The zero-order chi connectivity index (χ0) is 12.8. The minimum absolute atomic E-state index is 0.610. The second-order valence-electron chi connectivity index (χ2n) is 4.40. The third kappa shape index (κ3) is 4.44. The van der Waals surface area contributed by atoms with E-state index < -0.39 is 0 Å². The molecule has 1 aromatic rings. The summed E-state index contributed by atoms with van der Waals surface area (Å²) < 4.78 is 0. The zero-order valence-corrected chi connectivity index (χ0v) is 11.6. The number of benzene rings is 1. The Bertz CT molecular complexity index is 355. The molecule has 0 amide bonds. The van der Waals surface area contributed by atoms with E-state index in [9.17, 15) is 0 Å². The number of rotatable bonds is 6. The van der Waals surface area contributed by atoms with Gasteiger partial charge in [0.1, 0.15) is 0 Å².